The zero-order valence-electron chi connectivity index (χ0n) is 24.0. The number of allylic oxidation sites excluding steroid dienone is 2. The summed E-state index contributed by atoms with van der Waals surface area (Å²) in [7, 11) is 0. The molecule has 3 saturated carbocycles. The monoisotopic (exact) mass is 485 g/mol. The summed E-state index contributed by atoms with van der Waals surface area (Å²) in [5.74, 6) is 2.12. The van der Waals surface area contributed by atoms with Gasteiger partial charge in [0.2, 0.25) is 6.41 Å². The first-order valence-corrected chi connectivity index (χ1v) is 14.9. The van der Waals surface area contributed by atoms with Gasteiger partial charge in [0.1, 0.15) is 0 Å². The van der Waals surface area contributed by atoms with Crippen LogP contribution in [0.1, 0.15) is 126 Å². The van der Waals surface area contributed by atoms with E-state index in [1.165, 1.54) is 57.8 Å². The average molecular weight is 486 g/mol. The number of aliphatic hydroxyl groups is 1. The standard InChI is InChI=1S/C32H55NO2/c1-23-11-15-31(7)27(29(23,5)14-12-24(2)35)10-9-25-26-21-28(3,4)16-18-32(26,13-8-20-33-22-34)19-17-30(25,31)6/h9,22-24,26-27,35H,8,10-21H2,1-7H3,(H,33,34). The summed E-state index contributed by atoms with van der Waals surface area (Å²) in [6.45, 7) is 18.2. The molecule has 35 heavy (non-hydrogen) atoms. The van der Waals surface area contributed by atoms with Crippen LogP contribution in [0, 0.1) is 44.8 Å². The van der Waals surface area contributed by atoms with E-state index in [0.717, 1.165) is 38.1 Å². The molecule has 0 radical (unpaired) electrons. The molecule has 3 heteroatoms. The second kappa shape index (κ2) is 9.48. The van der Waals surface area contributed by atoms with Crippen molar-refractivity contribution in [1.29, 1.82) is 0 Å². The van der Waals surface area contributed by atoms with Crippen LogP contribution in [0.4, 0.5) is 0 Å². The predicted molar refractivity (Wildman–Crippen MR) is 146 cm³/mol. The number of hydrogen-bond donors (Lipinski definition) is 2. The Balaban J connectivity index is 1.70. The molecule has 0 heterocycles. The normalized spacial score (nSPS) is 45.4. The lowest BCUT2D eigenvalue weighted by atomic mass is 9.35. The van der Waals surface area contributed by atoms with Gasteiger partial charge in [0.05, 0.1) is 6.10 Å². The van der Waals surface area contributed by atoms with Crippen molar-refractivity contribution in [3.63, 3.8) is 0 Å². The number of rotatable bonds is 8. The smallest absolute Gasteiger partial charge is 0.207 e. The third-order valence-electron chi connectivity index (χ3n) is 12.7. The Morgan fingerprint density at radius 1 is 1.09 bits per heavy atom. The Morgan fingerprint density at radius 2 is 1.80 bits per heavy atom. The molecule has 8 unspecified atom stereocenters. The fourth-order valence-corrected chi connectivity index (χ4v) is 9.87. The molecule has 3 nitrogen and oxygen atoms in total. The van der Waals surface area contributed by atoms with E-state index >= 15 is 0 Å². The Bertz CT molecular complexity index is 816. The van der Waals surface area contributed by atoms with Crippen LogP contribution in [0.3, 0.4) is 0 Å². The Hall–Kier alpha value is -0.830. The third kappa shape index (κ3) is 4.44. The van der Waals surface area contributed by atoms with Gasteiger partial charge in [-0.05, 0) is 129 Å². The van der Waals surface area contributed by atoms with Gasteiger partial charge < -0.3 is 10.4 Å². The molecule has 0 bridgehead atoms. The summed E-state index contributed by atoms with van der Waals surface area (Å²) in [5, 5.41) is 13.1. The van der Waals surface area contributed by atoms with E-state index in [9.17, 15) is 9.90 Å². The van der Waals surface area contributed by atoms with Gasteiger partial charge in [0.25, 0.3) is 0 Å². The van der Waals surface area contributed by atoms with Gasteiger partial charge in [0.15, 0.2) is 0 Å². The van der Waals surface area contributed by atoms with E-state index in [1.807, 2.05) is 12.5 Å². The van der Waals surface area contributed by atoms with E-state index in [0.29, 0.717) is 33.5 Å². The van der Waals surface area contributed by atoms with Crippen molar-refractivity contribution in [2.45, 2.75) is 132 Å². The molecule has 200 valence electrons. The van der Waals surface area contributed by atoms with Crippen LogP contribution in [-0.4, -0.2) is 24.2 Å². The molecule has 0 saturated heterocycles. The molecule has 4 aliphatic carbocycles. The molecular formula is C32H55NO2. The lowest BCUT2D eigenvalue weighted by Gasteiger charge is -2.69. The number of aliphatic hydroxyl groups excluding tert-OH is 1. The first-order chi connectivity index (χ1) is 16.3. The van der Waals surface area contributed by atoms with E-state index in [4.69, 9.17) is 0 Å². The highest BCUT2D eigenvalue weighted by molar-refractivity contribution is 5.45. The average Bonchev–Trinajstić information content (AvgIpc) is 2.79. The van der Waals surface area contributed by atoms with Gasteiger partial charge in [-0.3, -0.25) is 4.79 Å². The predicted octanol–water partition coefficient (Wildman–Crippen LogP) is 7.68. The first-order valence-electron chi connectivity index (χ1n) is 14.9. The summed E-state index contributed by atoms with van der Waals surface area (Å²) in [4.78, 5) is 10.8. The fraction of sp³-hybridized carbons (Fsp3) is 0.906. The van der Waals surface area contributed by atoms with Crippen molar-refractivity contribution < 1.29 is 9.90 Å². The zero-order chi connectivity index (χ0) is 25.7. The van der Waals surface area contributed by atoms with Crippen molar-refractivity contribution in [3.05, 3.63) is 11.6 Å². The Morgan fingerprint density at radius 3 is 2.49 bits per heavy atom. The summed E-state index contributed by atoms with van der Waals surface area (Å²) < 4.78 is 0. The fourth-order valence-electron chi connectivity index (χ4n) is 9.87. The molecule has 4 aliphatic rings. The van der Waals surface area contributed by atoms with Crippen molar-refractivity contribution in [3.8, 4) is 0 Å². The number of carbonyl (C=O) groups is 1. The summed E-state index contributed by atoms with van der Waals surface area (Å²) in [5.41, 5.74) is 3.58. The zero-order valence-corrected chi connectivity index (χ0v) is 24.0. The van der Waals surface area contributed by atoms with Crippen molar-refractivity contribution in [2.24, 2.45) is 44.8 Å². The number of fused-ring (bicyclic) bond motifs is 5. The minimum Gasteiger partial charge on any atom is -0.393 e. The molecule has 2 N–H and O–H groups in total. The topological polar surface area (TPSA) is 49.3 Å². The first kappa shape index (κ1) is 27.2. The minimum atomic E-state index is -0.203. The maximum atomic E-state index is 10.8. The largest absolute Gasteiger partial charge is 0.393 e. The van der Waals surface area contributed by atoms with Crippen LogP contribution in [0.2, 0.25) is 0 Å². The van der Waals surface area contributed by atoms with Crippen LogP contribution in [-0.2, 0) is 4.79 Å². The van der Waals surface area contributed by atoms with Crippen LogP contribution >= 0.6 is 0 Å². The van der Waals surface area contributed by atoms with E-state index in [2.05, 4.69) is 52.9 Å². The summed E-state index contributed by atoms with van der Waals surface area (Å²) >= 11 is 0. The van der Waals surface area contributed by atoms with Crippen molar-refractivity contribution in [2.75, 3.05) is 6.54 Å². The Labute approximate surface area is 216 Å². The van der Waals surface area contributed by atoms with E-state index in [-0.39, 0.29) is 11.5 Å². The molecule has 8 atom stereocenters. The second-order valence-electron chi connectivity index (χ2n) is 15.0. The van der Waals surface area contributed by atoms with E-state index in [1.54, 1.807) is 0 Å². The lowest BCUT2D eigenvalue weighted by Crippen LogP contribution is -2.61. The molecule has 0 aliphatic heterocycles. The van der Waals surface area contributed by atoms with Gasteiger partial charge >= 0.3 is 0 Å². The third-order valence-corrected chi connectivity index (χ3v) is 12.7. The van der Waals surface area contributed by atoms with Gasteiger partial charge in [-0.2, -0.15) is 0 Å². The second-order valence-corrected chi connectivity index (χ2v) is 15.0. The molecule has 0 spiro atoms. The molecule has 4 rings (SSSR count). The number of amides is 1. The van der Waals surface area contributed by atoms with Gasteiger partial charge in [-0.25, -0.2) is 0 Å². The van der Waals surface area contributed by atoms with Crippen LogP contribution < -0.4 is 5.32 Å². The van der Waals surface area contributed by atoms with Gasteiger partial charge in [0, 0.05) is 6.54 Å². The minimum absolute atomic E-state index is 0.203. The summed E-state index contributed by atoms with van der Waals surface area (Å²) in [6, 6.07) is 0. The molecule has 1 amide bonds. The highest BCUT2D eigenvalue weighted by atomic mass is 16.3. The van der Waals surface area contributed by atoms with Crippen molar-refractivity contribution >= 4 is 6.41 Å². The van der Waals surface area contributed by atoms with Crippen LogP contribution in [0.5, 0.6) is 0 Å². The Kier molecular flexibility index (Phi) is 7.37. The maximum Gasteiger partial charge on any atom is 0.207 e. The van der Waals surface area contributed by atoms with Crippen LogP contribution in [0.15, 0.2) is 11.6 Å². The SMILES string of the molecule is CC(O)CCC1(C)C(C)CCC2(C)C1CC=C1C3CC(C)(C)CCC3(CCCNC=O)CCC12C. The summed E-state index contributed by atoms with van der Waals surface area (Å²) in [6.07, 6.45) is 18.4. The molecule has 3 fully saturated rings. The maximum absolute atomic E-state index is 10.8. The molecule has 0 aromatic carbocycles. The molecule has 0 aromatic rings. The van der Waals surface area contributed by atoms with E-state index < -0.39 is 0 Å². The lowest BCUT2D eigenvalue weighted by molar-refractivity contribution is -0.148. The number of nitrogens with one attached hydrogen (secondary N) is 1. The highest BCUT2D eigenvalue weighted by Crippen LogP contribution is 2.74. The number of hydrogen-bond acceptors (Lipinski definition) is 2. The highest BCUT2D eigenvalue weighted by Gasteiger charge is 2.65. The quantitative estimate of drug-likeness (QED) is 0.210. The van der Waals surface area contributed by atoms with Crippen LogP contribution in [0.25, 0.3) is 0 Å². The van der Waals surface area contributed by atoms with Gasteiger partial charge in [-0.1, -0.05) is 53.2 Å². The van der Waals surface area contributed by atoms with Gasteiger partial charge in [-0.15, -0.1) is 0 Å². The number of carbonyl (C=O) groups excluding carboxylic acids is 1. The molecule has 0 aromatic heterocycles. The molecular weight excluding hydrogens is 430 g/mol. The van der Waals surface area contributed by atoms with Crippen molar-refractivity contribution in [1.82, 2.24) is 5.32 Å².